The van der Waals surface area contributed by atoms with Crippen LogP contribution in [0.5, 0.6) is 0 Å². The lowest BCUT2D eigenvalue weighted by Gasteiger charge is -2.32. The number of carbonyl (C=O) groups is 2. The number of carboxylic acids is 1. The lowest BCUT2D eigenvalue weighted by molar-refractivity contribution is -0.137. The van der Waals surface area contributed by atoms with Crippen LogP contribution in [0, 0.1) is 18.7 Å². The Bertz CT molecular complexity index is 559. The normalized spacial score (nSPS) is 21.4. The van der Waals surface area contributed by atoms with Crippen LogP contribution in [0.1, 0.15) is 54.4 Å². The highest BCUT2D eigenvalue weighted by Gasteiger charge is 2.27. The van der Waals surface area contributed by atoms with E-state index in [1.807, 2.05) is 0 Å². The summed E-state index contributed by atoms with van der Waals surface area (Å²) in [7, 11) is 0. The number of aryl methyl sites for hydroxylation is 1. The van der Waals surface area contributed by atoms with Crippen molar-refractivity contribution in [3.8, 4) is 0 Å². The van der Waals surface area contributed by atoms with Gasteiger partial charge in [-0.3, -0.25) is 9.59 Å². The van der Waals surface area contributed by atoms with Gasteiger partial charge in [0.15, 0.2) is 0 Å². The Morgan fingerprint density at radius 2 is 2.05 bits per heavy atom. The van der Waals surface area contributed by atoms with Gasteiger partial charge in [-0.25, -0.2) is 4.39 Å². The molecule has 1 aromatic rings. The van der Waals surface area contributed by atoms with E-state index in [1.165, 1.54) is 12.1 Å². The Morgan fingerprint density at radius 3 is 2.77 bits per heavy atom. The monoisotopic (exact) mass is 307 g/mol. The molecular formula is C17H22FNO3. The van der Waals surface area contributed by atoms with Crippen molar-refractivity contribution in [2.24, 2.45) is 5.92 Å². The first-order chi connectivity index (χ1) is 10.5. The third-order valence-corrected chi connectivity index (χ3v) is 4.40. The minimum absolute atomic E-state index is 0.0248. The molecule has 22 heavy (non-hydrogen) atoms. The SMILES string of the molecule is Cc1ccc(F)cc1C(=O)NC1CCCCC1CCC(=O)O. The maximum atomic E-state index is 13.3. The highest BCUT2D eigenvalue weighted by molar-refractivity contribution is 5.95. The second-order valence-electron chi connectivity index (χ2n) is 6.02. The Labute approximate surface area is 129 Å². The molecule has 2 rings (SSSR count). The molecule has 0 heterocycles. The number of hydrogen-bond acceptors (Lipinski definition) is 2. The molecule has 1 amide bonds. The molecule has 1 saturated carbocycles. The summed E-state index contributed by atoms with van der Waals surface area (Å²) >= 11 is 0. The Morgan fingerprint density at radius 1 is 1.32 bits per heavy atom. The predicted molar refractivity (Wildman–Crippen MR) is 81.2 cm³/mol. The Balaban J connectivity index is 2.04. The van der Waals surface area contributed by atoms with Crippen molar-refractivity contribution in [1.82, 2.24) is 5.32 Å². The fourth-order valence-electron chi connectivity index (χ4n) is 3.14. The van der Waals surface area contributed by atoms with Crippen LogP contribution in [0.3, 0.4) is 0 Å². The van der Waals surface area contributed by atoms with Gasteiger partial charge in [0, 0.05) is 18.0 Å². The minimum atomic E-state index is -0.809. The maximum Gasteiger partial charge on any atom is 0.303 e. The fourth-order valence-corrected chi connectivity index (χ4v) is 3.14. The summed E-state index contributed by atoms with van der Waals surface area (Å²) in [6, 6.07) is 4.15. The van der Waals surface area contributed by atoms with Crippen LogP contribution in [0.15, 0.2) is 18.2 Å². The van der Waals surface area contributed by atoms with Crippen molar-refractivity contribution in [1.29, 1.82) is 0 Å². The van der Waals surface area contributed by atoms with Gasteiger partial charge >= 0.3 is 5.97 Å². The summed E-state index contributed by atoms with van der Waals surface area (Å²) in [5, 5.41) is 11.8. The topological polar surface area (TPSA) is 66.4 Å². The van der Waals surface area contributed by atoms with E-state index >= 15 is 0 Å². The van der Waals surface area contributed by atoms with E-state index in [1.54, 1.807) is 13.0 Å². The molecule has 1 aromatic carbocycles. The van der Waals surface area contributed by atoms with Crippen LogP contribution in [0.25, 0.3) is 0 Å². The number of rotatable bonds is 5. The zero-order valence-corrected chi connectivity index (χ0v) is 12.8. The molecular weight excluding hydrogens is 285 g/mol. The Kier molecular flexibility index (Phi) is 5.52. The van der Waals surface area contributed by atoms with Gasteiger partial charge in [0.05, 0.1) is 0 Å². The molecule has 0 radical (unpaired) electrons. The van der Waals surface area contributed by atoms with Gasteiger partial charge < -0.3 is 10.4 Å². The molecule has 4 nitrogen and oxygen atoms in total. The number of aliphatic carboxylic acids is 1. The van der Waals surface area contributed by atoms with E-state index in [-0.39, 0.29) is 24.3 Å². The maximum absolute atomic E-state index is 13.3. The number of carbonyl (C=O) groups excluding carboxylic acids is 1. The van der Waals surface area contributed by atoms with Gasteiger partial charge in [-0.1, -0.05) is 18.9 Å². The summed E-state index contributed by atoms with van der Waals surface area (Å²) in [6.07, 6.45) is 4.56. The first-order valence-corrected chi connectivity index (χ1v) is 7.76. The van der Waals surface area contributed by atoms with Crippen LogP contribution in [-0.2, 0) is 4.79 Å². The molecule has 2 atom stereocenters. The van der Waals surface area contributed by atoms with Crippen molar-refractivity contribution in [3.63, 3.8) is 0 Å². The zero-order chi connectivity index (χ0) is 16.1. The molecule has 1 aliphatic carbocycles. The molecule has 5 heteroatoms. The third-order valence-electron chi connectivity index (χ3n) is 4.40. The molecule has 0 spiro atoms. The largest absolute Gasteiger partial charge is 0.481 e. The highest BCUT2D eigenvalue weighted by Crippen LogP contribution is 2.28. The molecule has 0 aromatic heterocycles. The average molecular weight is 307 g/mol. The standard InChI is InChI=1S/C17H22FNO3/c1-11-6-8-13(18)10-14(11)17(22)19-15-5-3-2-4-12(15)7-9-16(20)21/h6,8,10,12,15H,2-5,7,9H2,1H3,(H,19,22)(H,20,21). The van der Waals surface area contributed by atoms with E-state index in [4.69, 9.17) is 5.11 Å². The number of amides is 1. The van der Waals surface area contributed by atoms with Crippen LogP contribution in [0.4, 0.5) is 4.39 Å². The second kappa shape index (κ2) is 7.38. The number of nitrogens with one attached hydrogen (secondary N) is 1. The fraction of sp³-hybridized carbons (Fsp3) is 0.529. The molecule has 1 aliphatic rings. The summed E-state index contributed by atoms with van der Waals surface area (Å²) in [6.45, 7) is 1.77. The predicted octanol–water partition coefficient (Wildman–Crippen LogP) is 3.29. The second-order valence-corrected chi connectivity index (χ2v) is 6.02. The molecule has 0 aliphatic heterocycles. The van der Waals surface area contributed by atoms with Crippen LogP contribution in [0.2, 0.25) is 0 Å². The molecule has 2 N–H and O–H groups in total. The van der Waals surface area contributed by atoms with E-state index < -0.39 is 11.8 Å². The molecule has 0 saturated heterocycles. The first-order valence-electron chi connectivity index (χ1n) is 7.76. The van der Waals surface area contributed by atoms with Crippen molar-refractivity contribution in [3.05, 3.63) is 35.1 Å². The lowest BCUT2D eigenvalue weighted by atomic mass is 9.81. The average Bonchev–Trinajstić information content (AvgIpc) is 2.48. The lowest BCUT2D eigenvalue weighted by Crippen LogP contribution is -2.42. The van der Waals surface area contributed by atoms with Crippen molar-refractivity contribution >= 4 is 11.9 Å². The van der Waals surface area contributed by atoms with E-state index in [9.17, 15) is 14.0 Å². The van der Waals surface area contributed by atoms with Crippen molar-refractivity contribution < 1.29 is 19.1 Å². The number of hydrogen-bond donors (Lipinski definition) is 2. The van der Waals surface area contributed by atoms with Crippen molar-refractivity contribution in [2.45, 2.75) is 51.5 Å². The van der Waals surface area contributed by atoms with Crippen LogP contribution >= 0.6 is 0 Å². The van der Waals surface area contributed by atoms with Crippen LogP contribution < -0.4 is 5.32 Å². The van der Waals surface area contributed by atoms with E-state index in [2.05, 4.69) is 5.32 Å². The molecule has 120 valence electrons. The zero-order valence-electron chi connectivity index (χ0n) is 12.8. The number of halogens is 1. The summed E-state index contributed by atoms with van der Waals surface area (Å²) in [5.74, 6) is -1.33. The summed E-state index contributed by atoms with van der Waals surface area (Å²) < 4.78 is 13.3. The quantitative estimate of drug-likeness (QED) is 0.877. The number of benzene rings is 1. The first kappa shape index (κ1) is 16.5. The summed E-state index contributed by atoms with van der Waals surface area (Å²) in [4.78, 5) is 23.1. The van der Waals surface area contributed by atoms with Gasteiger partial charge in [-0.05, 0) is 49.8 Å². The van der Waals surface area contributed by atoms with E-state index in [0.717, 1.165) is 31.2 Å². The Hall–Kier alpha value is -1.91. The third kappa shape index (κ3) is 4.29. The van der Waals surface area contributed by atoms with Gasteiger partial charge in [0.2, 0.25) is 0 Å². The van der Waals surface area contributed by atoms with Gasteiger partial charge in [-0.2, -0.15) is 0 Å². The van der Waals surface area contributed by atoms with Crippen LogP contribution in [-0.4, -0.2) is 23.0 Å². The van der Waals surface area contributed by atoms with Crippen molar-refractivity contribution in [2.75, 3.05) is 0 Å². The van der Waals surface area contributed by atoms with Gasteiger partial charge in [0.1, 0.15) is 5.82 Å². The summed E-state index contributed by atoms with van der Waals surface area (Å²) in [5.41, 5.74) is 1.08. The smallest absolute Gasteiger partial charge is 0.303 e. The number of carboxylic acid groups (broad SMARTS) is 1. The molecule has 1 fully saturated rings. The van der Waals surface area contributed by atoms with Gasteiger partial charge in [-0.15, -0.1) is 0 Å². The highest BCUT2D eigenvalue weighted by atomic mass is 19.1. The minimum Gasteiger partial charge on any atom is -0.481 e. The van der Waals surface area contributed by atoms with Gasteiger partial charge in [0.25, 0.3) is 5.91 Å². The molecule has 0 bridgehead atoms. The van der Waals surface area contributed by atoms with E-state index in [0.29, 0.717) is 12.0 Å². The molecule has 2 unspecified atom stereocenters.